The third-order valence-electron chi connectivity index (χ3n) is 2.15. The average Bonchev–Trinajstić information content (AvgIpc) is 2.81. The number of aromatic nitrogens is 1. The summed E-state index contributed by atoms with van der Waals surface area (Å²) in [4.78, 5) is 18.7. The molecule has 0 aliphatic carbocycles. The monoisotopic (exact) mass is 232 g/mol. The number of thiophene rings is 1. The molecule has 0 radical (unpaired) electrons. The molecule has 2 heterocycles. The Morgan fingerprint density at radius 3 is 2.69 bits per heavy atom. The smallest absolute Gasteiger partial charge is 0.271 e. The molecule has 0 unspecified atom stereocenters. The van der Waals surface area contributed by atoms with Gasteiger partial charge in [0.1, 0.15) is 5.69 Å². The summed E-state index contributed by atoms with van der Waals surface area (Å²) >= 11 is 1.62. The second-order valence-corrected chi connectivity index (χ2v) is 4.53. The molecular formula is C12H12N2OS. The van der Waals surface area contributed by atoms with E-state index in [1.807, 2.05) is 29.6 Å². The van der Waals surface area contributed by atoms with Crippen molar-refractivity contribution in [2.45, 2.75) is 0 Å². The lowest BCUT2D eigenvalue weighted by molar-refractivity contribution is 0.0822. The van der Waals surface area contributed by atoms with Crippen molar-refractivity contribution in [3.8, 4) is 10.6 Å². The van der Waals surface area contributed by atoms with Crippen LogP contribution in [0.4, 0.5) is 0 Å². The molecule has 0 bridgehead atoms. The maximum atomic E-state index is 11.7. The summed E-state index contributed by atoms with van der Waals surface area (Å²) in [7, 11) is 3.45. The first kappa shape index (κ1) is 10.8. The lowest BCUT2D eigenvalue weighted by Crippen LogP contribution is -2.22. The second kappa shape index (κ2) is 4.45. The standard InChI is InChI=1S/C12H12N2OS/c1-14(2)12(15)10-6-3-5-9(13-10)11-7-4-8-16-11/h3-8H,1-2H3. The van der Waals surface area contributed by atoms with E-state index in [9.17, 15) is 4.79 Å². The quantitative estimate of drug-likeness (QED) is 0.797. The van der Waals surface area contributed by atoms with E-state index < -0.39 is 0 Å². The van der Waals surface area contributed by atoms with E-state index in [1.54, 1.807) is 31.5 Å². The van der Waals surface area contributed by atoms with Crippen LogP contribution in [0.2, 0.25) is 0 Å². The van der Waals surface area contributed by atoms with Gasteiger partial charge in [-0.15, -0.1) is 11.3 Å². The van der Waals surface area contributed by atoms with Crippen LogP contribution >= 0.6 is 11.3 Å². The summed E-state index contributed by atoms with van der Waals surface area (Å²) < 4.78 is 0. The molecule has 0 saturated carbocycles. The highest BCUT2D eigenvalue weighted by atomic mass is 32.1. The summed E-state index contributed by atoms with van der Waals surface area (Å²) in [6.45, 7) is 0. The van der Waals surface area contributed by atoms with Gasteiger partial charge in [0.15, 0.2) is 0 Å². The largest absolute Gasteiger partial charge is 0.343 e. The maximum absolute atomic E-state index is 11.7. The van der Waals surface area contributed by atoms with Crippen LogP contribution in [0.15, 0.2) is 35.7 Å². The van der Waals surface area contributed by atoms with E-state index in [4.69, 9.17) is 0 Å². The second-order valence-electron chi connectivity index (χ2n) is 3.58. The fourth-order valence-corrected chi connectivity index (χ4v) is 2.04. The molecule has 1 amide bonds. The first-order chi connectivity index (χ1) is 7.68. The van der Waals surface area contributed by atoms with Crippen molar-refractivity contribution >= 4 is 17.2 Å². The maximum Gasteiger partial charge on any atom is 0.271 e. The summed E-state index contributed by atoms with van der Waals surface area (Å²) in [6.07, 6.45) is 0. The Hall–Kier alpha value is -1.68. The van der Waals surface area contributed by atoms with Crippen LogP contribution in [-0.4, -0.2) is 29.9 Å². The zero-order chi connectivity index (χ0) is 11.5. The topological polar surface area (TPSA) is 33.2 Å². The van der Waals surface area contributed by atoms with E-state index in [2.05, 4.69) is 4.98 Å². The molecule has 4 heteroatoms. The Kier molecular flexibility index (Phi) is 3.01. The molecule has 2 aromatic rings. The molecule has 0 atom stereocenters. The zero-order valence-corrected chi connectivity index (χ0v) is 9.99. The Morgan fingerprint density at radius 1 is 1.25 bits per heavy atom. The number of hydrogen-bond donors (Lipinski definition) is 0. The minimum Gasteiger partial charge on any atom is -0.343 e. The van der Waals surface area contributed by atoms with Crippen molar-refractivity contribution in [1.82, 2.24) is 9.88 Å². The van der Waals surface area contributed by atoms with Gasteiger partial charge in [-0.25, -0.2) is 4.98 Å². The Bertz CT molecular complexity index is 491. The van der Waals surface area contributed by atoms with Crippen molar-refractivity contribution < 1.29 is 4.79 Å². The number of nitrogens with zero attached hydrogens (tertiary/aromatic N) is 2. The number of hydrogen-bond acceptors (Lipinski definition) is 3. The van der Waals surface area contributed by atoms with Crippen LogP contribution in [0.1, 0.15) is 10.5 Å². The van der Waals surface area contributed by atoms with Crippen LogP contribution in [0.3, 0.4) is 0 Å². The number of amides is 1. The molecule has 0 aliphatic rings. The highest BCUT2D eigenvalue weighted by Gasteiger charge is 2.10. The van der Waals surface area contributed by atoms with Gasteiger partial charge in [0, 0.05) is 14.1 Å². The lowest BCUT2D eigenvalue weighted by Gasteiger charge is -2.09. The van der Waals surface area contributed by atoms with Gasteiger partial charge in [0.25, 0.3) is 5.91 Å². The van der Waals surface area contributed by atoms with Gasteiger partial charge in [-0.2, -0.15) is 0 Å². The number of carbonyl (C=O) groups is 1. The lowest BCUT2D eigenvalue weighted by atomic mass is 10.2. The molecule has 0 N–H and O–H groups in total. The summed E-state index contributed by atoms with van der Waals surface area (Å²) in [5.41, 5.74) is 1.33. The predicted molar refractivity (Wildman–Crippen MR) is 65.6 cm³/mol. The van der Waals surface area contributed by atoms with Crippen molar-refractivity contribution in [1.29, 1.82) is 0 Å². The van der Waals surface area contributed by atoms with E-state index in [1.165, 1.54) is 4.90 Å². The van der Waals surface area contributed by atoms with E-state index in [0.29, 0.717) is 5.69 Å². The number of rotatable bonds is 2. The number of pyridine rings is 1. The van der Waals surface area contributed by atoms with Gasteiger partial charge >= 0.3 is 0 Å². The van der Waals surface area contributed by atoms with E-state index in [-0.39, 0.29) is 5.91 Å². The fraction of sp³-hybridized carbons (Fsp3) is 0.167. The molecule has 0 aliphatic heterocycles. The molecule has 0 fully saturated rings. The Labute approximate surface area is 98.4 Å². The minimum absolute atomic E-state index is 0.0709. The molecule has 16 heavy (non-hydrogen) atoms. The predicted octanol–water partition coefficient (Wildman–Crippen LogP) is 2.51. The van der Waals surface area contributed by atoms with Crippen LogP contribution in [0, 0.1) is 0 Å². The molecule has 2 rings (SSSR count). The number of carbonyl (C=O) groups excluding carboxylic acids is 1. The highest BCUT2D eigenvalue weighted by Crippen LogP contribution is 2.22. The van der Waals surface area contributed by atoms with Gasteiger partial charge in [-0.3, -0.25) is 4.79 Å². The van der Waals surface area contributed by atoms with Gasteiger partial charge in [-0.05, 0) is 23.6 Å². The van der Waals surface area contributed by atoms with E-state index >= 15 is 0 Å². The van der Waals surface area contributed by atoms with Gasteiger partial charge in [0.2, 0.25) is 0 Å². The molecular weight excluding hydrogens is 220 g/mol. The highest BCUT2D eigenvalue weighted by molar-refractivity contribution is 7.13. The fourth-order valence-electron chi connectivity index (χ4n) is 1.34. The first-order valence-corrected chi connectivity index (χ1v) is 5.79. The molecule has 0 aromatic carbocycles. The van der Waals surface area contributed by atoms with Gasteiger partial charge in [-0.1, -0.05) is 12.1 Å². The van der Waals surface area contributed by atoms with Crippen LogP contribution < -0.4 is 0 Å². The first-order valence-electron chi connectivity index (χ1n) is 4.91. The van der Waals surface area contributed by atoms with Gasteiger partial charge < -0.3 is 4.90 Å². The average molecular weight is 232 g/mol. The van der Waals surface area contributed by atoms with Crippen LogP contribution in [0.5, 0.6) is 0 Å². The van der Waals surface area contributed by atoms with Gasteiger partial charge in [0.05, 0.1) is 10.6 Å². The molecule has 0 saturated heterocycles. The molecule has 2 aromatic heterocycles. The normalized spacial score (nSPS) is 10.1. The zero-order valence-electron chi connectivity index (χ0n) is 9.18. The molecule has 3 nitrogen and oxygen atoms in total. The van der Waals surface area contributed by atoms with Crippen LogP contribution in [-0.2, 0) is 0 Å². The molecule has 82 valence electrons. The Morgan fingerprint density at radius 2 is 2.06 bits per heavy atom. The SMILES string of the molecule is CN(C)C(=O)c1cccc(-c2cccs2)n1. The summed E-state index contributed by atoms with van der Waals surface area (Å²) in [5.74, 6) is -0.0709. The summed E-state index contributed by atoms with van der Waals surface area (Å²) in [5, 5.41) is 2.00. The van der Waals surface area contributed by atoms with Crippen molar-refractivity contribution in [2.75, 3.05) is 14.1 Å². The van der Waals surface area contributed by atoms with E-state index in [0.717, 1.165) is 10.6 Å². The minimum atomic E-state index is -0.0709. The molecule has 0 spiro atoms. The van der Waals surface area contributed by atoms with Crippen molar-refractivity contribution in [2.24, 2.45) is 0 Å². The van der Waals surface area contributed by atoms with Crippen molar-refractivity contribution in [3.05, 3.63) is 41.4 Å². The third kappa shape index (κ3) is 2.12. The van der Waals surface area contributed by atoms with Crippen LogP contribution in [0.25, 0.3) is 10.6 Å². The summed E-state index contributed by atoms with van der Waals surface area (Å²) in [6, 6.07) is 9.48. The Balaban J connectivity index is 2.37. The third-order valence-corrected chi connectivity index (χ3v) is 3.04. The van der Waals surface area contributed by atoms with Crippen molar-refractivity contribution in [3.63, 3.8) is 0 Å².